The van der Waals surface area contributed by atoms with Gasteiger partial charge in [-0.2, -0.15) is 0 Å². The summed E-state index contributed by atoms with van der Waals surface area (Å²) in [6, 6.07) is 7.66. The minimum absolute atomic E-state index is 0.0515. The predicted octanol–water partition coefficient (Wildman–Crippen LogP) is 3.32. The maximum Gasteiger partial charge on any atom is 0.226 e. The van der Waals surface area contributed by atoms with Crippen LogP contribution in [-0.2, 0) is 17.8 Å². The number of amides is 1. The number of nitrogens with one attached hydrogen (secondary N) is 1. The first-order chi connectivity index (χ1) is 9.81. The summed E-state index contributed by atoms with van der Waals surface area (Å²) in [6.07, 6.45) is 1.89. The molecule has 0 fully saturated rings. The lowest BCUT2D eigenvalue weighted by Crippen LogP contribution is -2.24. The fraction of sp³-hybridized carbons (Fsp3) is 0.143. The van der Waals surface area contributed by atoms with E-state index in [-0.39, 0.29) is 5.91 Å². The zero-order chi connectivity index (χ0) is 13.8. The van der Waals surface area contributed by atoms with Crippen LogP contribution in [0.15, 0.2) is 45.7 Å². The summed E-state index contributed by atoms with van der Waals surface area (Å²) in [5.74, 6) is 0.695. The van der Waals surface area contributed by atoms with Crippen molar-refractivity contribution in [3.8, 4) is 9.88 Å². The summed E-state index contributed by atoms with van der Waals surface area (Å²) in [7, 11) is 0. The van der Waals surface area contributed by atoms with Crippen molar-refractivity contribution in [2.24, 2.45) is 0 Å². The fourth-order valence-corrected chi connectivity index (χ4v) is 3.36. The second kappa shape index (κ2) is 6.02. The number of aromatic nitrogens is 1. The van der Waals surface area contributed by atoms with Crippen LogP contribution in [0, 0.1) is 0 Å². The van der Waals surface area contributed by atoms with Crippen LogP contribution in [0.3, 0.4) is 0 Å². The van der Waals surface area contributed by atoms with Gasteiger partial charge in [-0.1, -0.05) is 6.07 Å². The molecule has 0 aliphatic rings. The summed E-state index contributed by atoms with van der Waals surface area (Å²) >= 11 is 3.22. The quantitative estimate of drug-likeness (QED) is 0.786. The second-order valence-corrected chi connectivity index (χ2v) is 5.96. The normalized spacial score (nSPS) is 10.6. The van der Waals surface area contributed by atoms with Gasteiger partial charge in [0.1, 0.15) is 10.8 Å². The third-order valence-electron chi connectivity index (χ3n) is 2.67. The number of carbonyl (C=O) groups is 1. The number of furan rings is 1. The van der Waals surface area contributed by atoms with Gasteiger partial charge >= 0.3 is 0 Å². The average molecular weight is 304 g/mol. The van der Waals surface area contributed by atoms with Crippen LogP contribution in [-0.4, -0.2) is 10.9 Å². The molecule has 3 aromatic heterocycles. The van der Waals surface area contributed by atoms with E-state index in [9.17, 15) is 4.79 Å². The third-order valence-corrected chi connectivity index (χ3v) is 4.60. The Kier molecular flexibility index (Phi) is 3.94. The molecule has 3 aromatic rings. The summed E-state index contributed by atoms with van der Waals surface area (Å²) < 4.78 is 5.16. The zero-order valence-electron chi connectivity index (χ0n) is 10.5. The van der Waals surface area contributed by atoms with Gasteiger partial charge in [-0.05, 0) is 23.6 Å². The van der Waals surface area contributed by atoms with Crippen molar-refractivity contribution >= 4 is 28.6 Å². The molecular weight excluding hydrogens is 292 g/mol. The number of hydrogen-bond acceptors (Lipinski definition) is 5. The Balaban J connectivity index is 1.56. The van der Waals surface area contributed by atoms with Gasteiger partial charge in [-0.25, -0.2) is 4.98 Å². The molecule has 1 amide bonds. The fourth-order valence-electron chi connectivity index (χ4n) is 1.73. The maximum atomic E-state index is 11.8. The number of hydrogen-bond donors (Lipinski definition) is 1. The largest absolute Gasteiger partial charge is 0.467 e. The van der Waals surface area contributed by atoms with Crippen LogP contribution in [0.5, 0.6) is 0 Å². The van der Waals surface area contributed by atoms with Crippen molar-refractivity contribution in [2.75, 3.05) is 0 Å². The predicted molar refractivity (Wildman–Crippen MR) is 79.7 cm³/mol. The van der Waals surface area contributed by atoms with Crippen LogP contribution in [0.1, 0.15) is 11.5 Å². The van der Waals surface area contributed by atoms with Gasteiger partial charge in [0.15, 0.2) is 0 Å². The molecule has 0 saturated heterocycles. The van der Waals surface area contributed by atoms with Gasteiger partial charge in [0.2, 0.25) is 5.91 Å². The number of thiazole rings is 1. The highest BCUT2D eigenvalue weighted by atomic mass is 32.1. The van der Waals surface area contributed by atoms with Crippen molar-refractivity contribution in [3.05, 3.63) is 52.7 Å². The maximum absolute atomic E-state index is 11.8. The molecule has 4 nitrogen and oxygen atoms in total. The molecule has 0 aromatic carbocycles. The lowest BCUT2D eigenvalue weighted by atomic mass is 10.3. The van der Waals surface area contributed by atoms with E-state index >= 15 is 0 Å². The lowest BCUT2D eigenvalue weighted by molar-refractivity contribution is -0.120. The van der Waals surface area contributed by atoms with E-state index < -0.39 is 0 Å². The minimum Gasteiger partial charge on any atom is -0.467 e. The molecule has 1 N–H and O–H groups in total. The van der Waals surface area contributed by atoms with Crippen molar-refractivity contribution in [1.82, 2.24) is 10.3 Å². The van der Waals surface area contributed by atoms with Gasteiger partial charge in [0, 0.05) is 5.38 Å². The average Bonchev–Trinajstić information content (AvgIpc) is 3.18. The number of nitrogens with zero attached hydrogens (tertiary/aromatic N) is 1. The molecule has 0 aliphatic heterocycles. The van der Waals surface area contributed by atoms with Crippen molar-refractivity contribution in [2.45, 2.75) is 13.0 Å². The molecule has 0 unspecified atom stereocenters. The number of carbonyl (C=O) groups excluding carboxylic acids is 1. The topological polar surface area (TPSA) is 55.1 Å². The second-order valence-electron chi connectivity index (χ2n) is 4.15. The Morgan fingerprint density at radius 2 is 2.25 bits per heavy atom. The van der Waals surface area contributed by atoms with E-state index in [1.165, 1.54) is 0 Å². The first-order valence-corrected chi connectivity index (χ1v) is 7.84. The summed E-state index contributed by atoms with van der Waals surface area (Å²) in [5.41, 5.74) is 0.801. The van der Waals surface area contributed by atoms with E-state index in [2.05, 4.69) is 10.3 Å². The minimum atomic E-state index is -0.0515. The Morgan fingerprint density at radius 1 is 1.30 bits per heavy atom. The Morgan fingerprint density at radius 3 is 3.00 bits per heavy atom. The molecule has 3 rings (SSSR count). The summed E-state index contributed by atoms with van der Waals surface area (Å²) in [6.45, 7) is 0.410. The first-order valence-electron chi connectivity index (χ1n) is 6.08. The molecule has 6 heteroatoms. The molecule has 3 heterocycles. The molecule has 0 aliphatic carbocycles. The van der Waals surface area contributed by atoms with E-state index in [4.69, 9.17) is 4.42 Å². The summed E-state index contributed by atoms with van der Waals surface area (Å²) in [4.78, 5) is 17.4. The van der Waals surface area contributed by atoms with Crippen molar-refractivity contribution in [1.29, 1.82) is 0 Å². The highest BCUT2D eigenvalue weighted by molar-refractivity contribution is 7.20. The van der Waals surface area contributed by atoms with Crippen LogP contribution in [0.2, 0.25) is 0 Å². The van der Waals surface area contributed by atoms with E-state index in [0.717, 1.165) is 21.3 Å². The molecule has 20 heavy (non-hydrogen) atoms. The van der Waals surface area contributed by atoms with E-state index in [0.29, 0.717) is 13.0 Å². The molecule has 0 saturated carbocycles. The highest BCUT2D eigenvalue weighted by Crippen LogP contribution is 2.27. The molecule has 0 radical (unpaired) electrons. The van der Waals surface area contributed by atoms with Gasteiger partial charge in [-0.3, -0.25) is 4.79 Å². The standard InChI is InChI=1S/C14H12N2O2S2/c17-13(15-8-11-3-1-5-18-11)7-10-9-20-14(16-10)12-4-2-6-19-12/h1-6,9H,7-8H2,(H,15,17). The van der Waals surface area contributed by atoms with E-state index in [1.807, 2.05) is 29.0 Å². The molecule has 102 valence electrons. The Labute approximate surface area is 124 Å². The third kappa shape index (κ3) is 3.15. The van der Waals surface area contributed by atoms with Gasteiger partial charge in [0.25, 0.3) is 0 Å². The van der Waals surface area contributed by atoms with Crippen LogP contribution in [0.25, 0.3) is 9.88 Å². The molecule has 0 spiro atoms. The summed E-state index contributed by atoms with van der Waals surface area (Å²) in [5, 5.41) is 7.73. The highest BCUT2D eigenvalue weighted by Gasteiger charge is 2.09. The van der Waals surface area contributed by atoms with Crippen LogP contribution in [0.4, 0.5) is 0 Å². The molecular formula is C14H12N2O2S2. The first kappa shape index (κ1) is 13.1. The zero-order valence-corrected chi connectivity index (χ0v) is 12.2. The van der Waals surface area contributed by atoms with Gasteiger partial charge in [0.05, 0.1) is 29.8 Å². The van der Waals surface area contributed by atoms with Crippen LogP contribution >= 0.6 is 22.7 Å². The molecule has 0 bridgehead atoms. The van der Waals surface area contributed by atoms with E-state index in [1.54, 1.807) is 35.0 Å². The SMILES string of the molecule is O=C(Cc1csc(-c2cccs2)n1)NCc1ccco1. The number of thiophene rings is 1. The Bertz CT molecular complexity index is 672. The van der Waals surface area contributed by atoms with Crippen molar-refractivity contribution < 1.29 is 9.21 Å². The lowest BCUT2D eigenvalue weighted by Gasteiger charge is -2.01. The van der Waals surface area contributed by atoms with Crippen LogP contribution < -0.4 is 5.32 Å². The number of rotatable bonds is 5. The molecule has 0 atom stereocenters. The van der Waals surface area contributed by atoms with Gasteiger partial charge < -0.3 is 9.73 Å². The smallest absolute Gasteiger partial charge is 0.226 e. The van der Waals surface area contributed by atoms with Gasteiger partial charge in [-0.15, -0.1) is 22.7 Å². The monoisotopic (exact) mass is 304 g/mol. The Hall–Kier alpha value is -1.92. The van der Waals surface area contributed by atoms with Crippen molar-refractivity contribution in [3.63, 3.8) is 0 Å².